The first-order chi connectivity index (χ1) is 9.56. The van der Waals surface area contributed by atoms with Crippen LogP contribution in [-0.2, 0) is 9.59 Å². The minimum absolute atomic E-state index is 0.128. The highest BCUT2D eigenvalue weighted by molar-refractivity contribution is 6.06. The van der Waals surface area contributed by atoms with Gasteiger partial charge in [-0.15, -0.1) is 0 Å². The van der Waals surface area contributed by atoms with E-state index in [4.69, 9.17) is 15.2 Å². The lowest BCUT2D eigenvalue weighted by atomic mass is 10.2. The first kappa shape index (κ1) is 12.6. The number of anilines is 2. The fraction of sp³-hybridized carbons (Fsp3) is 0.385. The molecule has 20 heavy (non-hydrogen) atoms. The Morgan fingerprint density at radius 1 is 1.25 bits per heavy atom. The van der Waals surface area contributed by atoms with Crippen molar-refractivity contribution in [2.24, 2.45) is 0 Å². The Hall–Kier alpha value is -2.44. The van der Waals surface area contributed by atoms with E-state index in [1.54, 1.807) is 12.1 Å². The topological polar surface area (TPSA) is 93.9 Å². The number of nitrogens with one attached hydrogen (secondary N) is 1. The number of ether oxygens (including phenoxy) is 2. The third-order valence-electron chi connectivity index (χ3n) is 3.43. The van der Waals surface area contributed by atoms with Crippen LogP contribution in [0.3, 0.4) is 0 Å². The SMILES string of the molecule is CN1C(=O)CC(Nc2cc3c(cc2N)OCCO3)C1=O. The summed E-state index contributed by atoms with van der Waals surface area (Å²) in [5, 5.41) is 3.00. The lowest BCUT2D eigenvalue weighted by molar-refractivity contribution is -0.136. The van der Waals surface area contributed by atoms with Crippen LogP contribution in [-0.4, -0.2) is 43.0 Å². The van der Waals surface area contributed by atoms with Gasteiger partial charge in [0.25, 0.3) is 5.91 Å². The molecule has 1 atom stereocenters. The van der Waals surface area contributed by atoms with Crippen LogP contribution < -0.4 is 20.5 Å². The molecule has 0 saturated carbocycles. The predicted octanol–water partition coefficient (Wildman–Crippen LogP) is 0.209. The van der Waals surface area contributed by atoms with E-state index in [1.807, 2.05) is 0 Å². The summed E-state index contributed by atoms with van der Waals surface area (Å²) in [5.74, 6) is 0.705. The van der Waals surface area contributed by atoms with Gasteiger partial charge in [0.05, 0.1) is 17.8 Å². The van der Waals surface area contributed by atoms with E-state index in [0.717, 1.165) is 4.90 Å². The molecule has 7 nitrogen and oxygen atoms in total. The van der Waals surface area contributed by atoms with E-state index in [0.29, 0.717) is 36.1 Å². The quantitative estimate of drug-likeness (QED) is 0.593. The van der Waals surface area contributed by atoms with Crippen molar-refractivity contribution >= 4 is 23.2 Å². The standard InChI is InChI=1S/C13H15N3O4/c1-16-12(17)6-9(13(16)18)15-8-5-11-10(4-7(8)14)19-2-3-20-11/h4-5,9,15H,2-3,6,14H2,1H3. The van der Waals surface area contributed by atoms with Crippen LogP contribution in [0.15, 0.2) is 12.1 Å². The molecule has 1 aromatic rings. The van der Waals surface area contributed by atoms with E-state index in [2.05, 4.69) is 5.32 Å². The first-order valence-electron chi connectivity index (χ1n) is 6.32. The number of rotatable bonds is 2. The number of fused-ring (bicyclic) bond motifs is 1. The number of benzene rings is 1. The van der Waals surface area contributed by atoms with E-state index >= 15 is 0 Å². The number of carbonyl (C=O) groups is 2. The smallest absolute Gasteiger partial charge is 0.251 e. The maximum absolute atomic E-state index is 11.9. The summed E-state index contributed by atoms with van der Waals surface area (Å²) in [6, 6.07) is 2.76. The van der Waals surface area contributed by atoms with Gasteiger partial charge in [-0.1, -0.05) is 0 Å². The maximum Gasteiger partial charge on any atom is 0.251 e. The number of likely N-dealkylation sites (tertiary alicyclic amines) is 1. The fourth-order valence-corrected chi connectivity index (χ4v) is 2.29. The first-order valence-corrected chi connectivity index (χ1v) is 6.32. The lowest BCUT2D eigenvalue weighted by Crippen LogP contribution is -2.32. The summed E-state index contributed by atoms with van der Waals surface area (Å²) in [6.07, 6.45) is 0.128. The second kappa shape index (κ2) is 4.59. The minimum atomic E-state index is -0.586. The third-order valence-corrected chi connectivity index (χ3v) is 3.43. The summed E-state index contributed by atoms with van der Waals surface area (Å²) >= 11 is 0. The van der Waals surface area contributed by atoms with Gasteiger partial charge < -0.3 is 20.5 Å². The molecular formula is C13H15N3O4. The zero-order valence-electron chi connectivity index (χ0n) is 11.0. The van der Waals surface area contributed by atoms with Crippen LogP contribution in [0.5, 0.6) is 11.5 Å². The van der Waals surface area contributed by atoms with Crippen molar-refractivity contribution in [3.63, 3.8) is 0 Å². The highest BCUT2D eigenvalue weighted by Crippen LogP contribution is 2.37. The van der Waals surface area contributed by atoms with Gasteiger partial charge in [-0.25, -0.2) is 0 Å². The fourth-order valence-electron chi connectivity index (χ4n) is 2.29. The normalized spacial score (nSPS) is 21.2. The Kier molecular flexibility index (Phi) is 2.89. The molecule has 0 bridgehead atoms. The molecule has 2 aliphatic rings. The molecule has 2 aliphatic heterocycles. The van der Waals surface area contributed by atoms with Crippen LogP contribution in [0.2, 0.25) is 0 Å². The van der Waals surface area contributed by atoms with Crippen LogP contribution >= 0.6 is 0 Å². The maximum atomic E-state index is 11.9. The van der Waals surface area contributed by atoms with E-state index in [1.165, 1.54) is 7.05 Å². The minimum Gasteiger partial charge on any atom is -0.486 e. The molecule has 2 heterocycles. The molecule has 0 aliphatic carbocycles. The molecule has 2 amide bonds. The van der Waals surface area contributed by atoms with E-state index in [9.17, 15) is 9.59 Å². The molecule has 106 valence electrons. The van der Waals surface area contributed by atoms with Crippen molar-refractivity contribution in [3.8, 4) is 11.5 Å². The Labute approximate surface area is 115 Å². The van der Waals surface area contributed by atoms with Gasteiger partial charge >= 0.3 is 0 Å². The van der Waals surface area contributed by atoms with Gasteiger partial charge in [-0.05, 0) is 0 Å². The van der Waals surface area contributed by atoms with Crippen LogP contribution in [0.25, 0.3) is 0 Å². The number of likely N-dealkylation sites (N-methyl/N-ethyl adjacent to an activating group) is 1. The average molecular weight is 277 g/mol. The van der Waals surface area contributed by atoms with Gasteiger partial charge in [0.2, 0.25) is 5.91 Å². The van der Waals surface area contributed by atoms with Gasteiger partial charge in [0.1, 0.15) is 19.3 Å². The monoisotopic (exact) mass is 277 g/mol. The second-order valence-corrected chi connectivity index (χ2v) is 4.78. The second-order valence-electron chi connectivity index (χ2n) is 4.78. The number of nitrogen functional groups attached to an aromatic ring is 1. The molecule has 0 radical (unpaired) electrons. The molecule has 3 rings (SSSR count). The Balaban J connectivity index is 1.84. The molecule has 0 spiro atoms. The van der Waals surface area contributed by atoms with Gasteiger partial charge in [-0.3, -0.25) is 14.5 Å². The Morgan fingerprint density at radius 3 is 2.50 bits per heavy atom. The van der Waals surface area contributed by atoms with Crippen molar-refractivity contribution in [1.29, 1.82) is 0 Å². The van der Waals surface area contributed by atoms with Crippen molar-refractivity contribution in [3.05, 3.63) is 12.1 Å². The van der Waals surface area contributed by atoms with Crippen molar-refractivity contribution in [2.75, 3.05) is 31.3 Å². The molecular weight excluding hydrogens is 262 g/mol. The van der Waals surface area contributed by atoms with Crippen molar-refractivity contribution in [1.82, 2.24) is 4.90 Å². The molecule has 1 unspecified atom stereocenters. The number of carbonyl (C=O) groups excluding carboxylic acids is 2. The molecule has 0 aromatic heterocycles. The number of nitrogens with zero attached hydrogens (tertiary/aromatic N) is 1. The average Bonchev–Trinajstić information content (AvgIpc) is 2.67. The number of imide groups is 1. The number of hydrogen-bond acceptors (Lipinski definition) is 6. The van der Waals surface area contributed by atoms with E-state index in [-0.39, 0.29) is 18.2 Å². The molecule has 7 heteroatoms. The molecule has 1 fully saturated rings. The Bertz CT molecular complexity index is 587. The molecule has 1 saturated heterocycles. The summed E-state index contributed by atoms with van der Waals surface area (Å²) < 4.78 is 10.9. The van der Waals surface area contributed by atoms with E-state index < -0.39 is 6.04 Å². The molecule has 3 N–H and O–H groups in total. The predicted molar refractivity (Wildman–Crippen MR) is 71.6 cm³/mol. The summed E-state index contributed by atoms with van der Waals surface area (Å²) in [4.78, 5) is 24.5. The van der Waals surface area contributed by atoms with Crippen molar-refractivity contribution in [2.45, 2.75) is 12.5 Å². The highest BCUT2D eigenvalue weighted by Gasteiger charge is 2.36. The third kappa shape index (κ3) is 2.01. The van der Waals surface area contributed by atoms with Gasteiger partial charge in [0, 0.05) is 19.2 Å². The summed E-state index contributed by atoms with van der Waals surface area (Å²) in [7, 11) is 1.47. The zero-order valence-corrected chi connectivity index (χ0v) is 11.0. The Morgan fingerprint density at radius 2 is 1.90 bits per heavy atom. The zero-order chi connectivity index (χ0) is 14.3. The number of hydrogen-bond donors (Lipinski definition) is 2. The molecule has 1 aromatic carbocycles. The van der Waals surface area contributed by atoms with Crippen molar-refractivity contribution < 1.29 is 19.1 Å². The highest BCUT2D eigenvalue weighted by atomic mass is 16.6. The van der Waals surface area contributed by atoms with Crippen LogP contribution in [0, 0.1) is 0 Å². The van der Waals surface area contributed by atoms with Crippen LogP contribution in [0.1, 0.15) is 6.42 Å². The number of amides is 2. The lowest BCUT2D eigenvalue weighted by Gasteiger charge is -2.21. The summed E-state index contributed by atoms with van der Waals surface area (Å²) in [6.45, 7) is 0.958. The van der Waals surface area contributed by atoms with Gasteiger partial charge in [0.15, 0.2) is 11.5 Å². The largest absolute Gasteiger partial charge is 0.486 e. The van der Waals surface area contributed by atoms with Gasteiger partial charge in [-0.2, -0.15) is 0 Å². The van der Waals surface area contributed by atoms with Crippen LogP contribution in [0.4, 0.5) is 11.4 Å². The summed E-state index contributed by atoms with van der Waals surface area (Å²) in [5.41, 5.74) is 6.94. The number of nitrogens with two attached hydrogens (primary N) is 1.